The van der Waals surface area contributed by atoms with E-state index in [9.17, 15) is 22.8 Å². The van der Waals surface area contributed by atoms with Gasteiger partial charge < -0.3 is 16.0 Å². The van der Waals surface area contributed by atoms with E-state index < -0.39 is 17.6 Å². The number of nitrogens with one attached hydrogen (secondary N) is 3. The van der Waals surface area contributed by atoms with Gasteiger partial charge in [0.2, 0.25) is 11.8 Å². The molecule has 0 aromatic heterocycles. The monoisotopic (exact) mass is 365 g/mol. The fourth-order valence-corrected chi connectivity index (χ4v) is 2.08. The van der Waals surface area contributed by atoms with Crippen molar-refractivity contribution in [1.29, 1.82) is 0 Å². The summed E-state index contributed by atoms with van der Waals surface area (Å²) in [7, 11) is 0. The van der Waals surface area contributed by atoms with Crippen LogP contribution in [0.15, 0.2) is 48.5 Å². The molecule has 138 valence electrons. The summed E-state index contributed by atoms with van der Waals surface area (Å²) in [5.74, 6) is -0.584. The molecule has 0 unspecified atom stereocenters. The van der Waals surface area contributed by atoms with Crippen molar-refractivity contribution >= 4 is 28.9 Å². The first-order valence-electron chi connectivity index (χ1n) is 7.89. The highest BCUT2D eigenvalue weighted by Gasteiger charge is 2.30. The van der Waals surface area contributed by atoms with Crippen molar-refractivity contribution in [2.24, 2.45) is 0 Å². The van der Waals surface area contributed by atoms with E-state index in [0.717, 1.165) is 12.1 Å². The van der Waals surface area contributed by atoms with Crippen LogP contribution in [0.4, 0.5) is 30.2 Å². The minimum atomic E-state index is -4.46. The van der Waals surface area contributed by atoms with Gasteiger partial charge in [-0.25, -0.2) is 0 Å². The summed E-state index contributed by atoms with van der Waals surface area (Å²) in [4.78, 5) is 23.2. The predicted octanol–water partition coefficient (Wildman–Crippen LogP) is 4.10. The maximum atomic E-state index is 12.7. The highest BCUT2D eigenvalue weighted by molar-refractivity contribution is 5.94. The maximum absolute atomic E-state index is 12.7. The molecule has 5 nitrogen and oxygen atoms in total. The number of benzene rings is 2. The Balaban J connectivity index is 1.88. The van der Waals surface area contributed by atoms with Gasteiger partial charge in [-0.1, -0.05) is 13.0 Å². The molecule has 2 aromatic rings. The van der Waals surface area contributed by atoms with E-state index in [0.29, 0.717) is 17.8 Å². The van der Waals surface area contributed by atoms with Crippen LogP contribution in [0.3, 0.4) is 0 Å². The van der Waals surface area contributed by atoms with E-state index >= 15 is 0 Å². The van der Waals surface area contributed by atoms with E-state index in [1.807, 2.05) is 0 Å². The first kappa shape index (κ1) is 19.3. The van der Waals surface area contributed by atoms with E-state index in [1.54, 1.807) is 31.2 Å². The van der Waals surface area contributed by atoms with Gasteiger partial charge in [-0.15, -0.1) is 0 Å². The van der Waals surface area contributed by atoms with Gasteiger partial charge in [0, 0.05) is 23.5 Å². The Hall–Kier alpha value is -3.03. The fourth-order valence-electron chi connectivity index (χ4n) is 2.08. The third-order valence-corrected chi connectivity index (χ3v) is 3.42. The lowest BCUT2D eigenvalue weighted by molar-refractivity contribution is -0.137. The summed E-state index contributed by atoms with van der Waals surface area (Å²) >= 11 is 0. The van der Waals surface area contributed by atoms with Crippen molar-refractivity contribution in [2.75, 3.05) is 22.5 Å². The molecule has 0 heterocycles. The topological polar surface area (TPSA) is 70.2 Å². The van der Waals surface area contributed by atoms with Gasteiger partial charge in [-0.3, -0.25) is 9.59 Å². The second-order valence-electron chi connectivity index (χ2n) is 5.46. The van der Waals surface area contributed by atoms with Crippen LogP contribution in [0.5, 0.6) is 0 Å². The molecule has 0 atom stereocenters. The number of hydrogen-bond donors (Lipinski definition) is 3. The molecule has 8 heteroatoms. The van der Waals surface area contributed by atoms with Crippen LogP contribution in [0.1, 0.15) is 18.9 Å². The number of alkyl halides is 3. The van der Waals surface area contributed by atoms with Crippen molar-refractivity contribution in [3.63, 3.8) is 0 Å². The molecule has 2 rings (SSSR count). The van der Waals surface area contributed by atoms with E-state index in [4.69, 9.17) is 0 Å². The first-order valence-corrected chi connectivity index (χ1v) is 7.89. The average Bonchev–Trinajstić information content (AvgIpc) is 2.60. The summed E-state index contributed by atoms with van der Waals surface area (Å²) < 4.78 is 38.0. The third-order valence-electron chi connectivity index (χ3n) is 3.42. The largest absolute Gasteiger partial charge is 0.416 e. The van der Waals surface area contributed by atoms with Crippen molar-refractivity contribution in [2.45, 2.75) is 19.5 Å². The molecule has 0 radical (unpaired) electrons. The molecular formula is C18H18F3N3O2. The van der Waals surface area contributed by atoms with Gasteiger partial charge in [-0.2, -0.15) is 13.2 Å². The van der Waals surface area contributed by atoms with Gasteiger partial charge in [0.15, 0.2) is 0 Å². The highest BCUT2D eigenvalue weighted by atomic mass is 19.4. The summed E-state index contributed by atoms with van der Waals surface area (Å²) in [5.41, 5.74) is 0.520. The minimum absolute atomic E-state index is 0.0734. The predicted molar refractivity (Wildman–Crippen MR) is 93.9 cm³/mol. The number of hydrogen-bond acceptors (Lipinski definition) is 3. The van der Waals surface area contributed by atoms with Gasteiger partial charge in [0.1, 0.15) is 0 Å². The molecule has 0 bridgehead atoms. The second-order valence-corrected chi connectivity index (χ2v) is 5.46. The maximum Gasteiger partial charge on any atom is 0.416 e. The summed E-state index contributed by atoms with van der Waals surface area (Å²) in [5, 5.41) is 7.96. The van der Waals surface area contributed by atoms with Crippen LogP contribution in [0, 0.1) is 0 Å². The molecule has 2 aromatic carbocycles. The molecule has 3 N–H and O–H groups in total. The highest BCUT2D eigenvalue weighted by Crippen LogP contribution is 2.30. The Labute approximate surface area is 148 Å². The number of carbonyl (C=O) groups is 2. The summed E-state index contributed by atoms with van der Waals surface area (Å²) in [6, 6.07) is 11.2. The van der Waals surface area contributed by atoms with Crippen LogP contribution < -0.4 is 16.0 Å². The zero-order valence-electron chi connectivity index (χ0n) is 14.0. The molecule has 0 aliphatic carbocycles. The smallest absolute Gasteiger partial charge is 0.376 e. The van der Waals surface area contributed by atoms with Crippen molar-refractivity contribution in [1.82, 2.24) is 0 Å². The van der Waals surface area contributed by atoms with E-state index in [2.05, 4.69) is 16.0 Å². The Kier molecular flexibility index (Phi) is 6.21. The third kappa shape index (κ3) is 5.80. The molecule has 0 saturated carbocycles. The van der Waals surface area contributed by atoms with Crippen LogP contribution in [-0.2, 0) is 15.8 Å². The molecule has 0 fully saturated rings. The van der Waals surface area contributed by atoms with Crippen molar-refractivity contribution in [3.05, 3.63) is 54.1 Å². The lowest BCUT2D eigenvalue weighted by atomic mass is 10.2. The molecule has 2 amide bonds. The van der Waals surface area contributed by atoms with Crippen LogP contribution in [-0.4, -0.2) is 18.4 Å². The molecule has 0 saturated heterocycles. The zero-order chi connectivity index (χ0) is 19.2. The Morgan fingerprint density at radius 3 is 2.12 bits per heavy atom. The van der Waals surface area contributed by atoms with Crippen LogP contribution >= 0.6 is 0 Å². The van der Waals surface area contributed by atoms with Gasteiger partial charge >= 0.3 is 6.18 Å². The number of anilines is 3. The Morgan fingerprint density at radius 1 is 0.885 bits per heavy atom. The van der Waals surface area contributed by atoms with Crippen LogP contribution in [0.25, 0.3) is 0 Å². The zero-order valence-corrected chi connectivity index (χ0v) is 14.0. The van der Waals surface area contributed by atoms with Crippen molar-refractivity contribution < 1.29 is 22.8 Å². The lowest BCUT2D eigenvalue weighted by Crippen LogP contribution is -2.22. The fraction of sp³-hybridized carbons (Fsp3) is 0.222. The normalized spacial score (nSPS) is 10.9. The quantitative estimate of drug-likeness (QED) is 0.722. The first-order chi connectivity index (χ1) is 12.3. The van der Waals surface area contributed by atoms with Gasteiger partial charge in [0.05, 0.1) is 12.1 Å². The Morgan fingerprint density at radius 2 is 1.50 bits per heavy atom. The SMILES string of the molecule is CCC(=O)Nc1ccc(NCC(=O)Nc2cccc(C(F)(F)F)c2)cc1. The number of carbonyl (C=O) groups excluding carboxylic acids is 2. The molecular weight excluding hydrogens is 347 g/mol. The van der Waals surface area contributed by atoms with Crippen molar-refractivity contribution in [3.8, 4) is 0 Å². The number of rotatable bonds is 6. The molecule has 26 heavy (non-hydrogen) atoms. The molecule has 0 spiro atoms. The Bertz CT molecular complexity index is 774. The van der Waals surface area contributed by atoms with E-state index in [-0.39, 0.29) is 18.1 Å². The van der Waals surface area contributed by atoms with Gasteiger partial charge in [0.25, 0.3) is 0 Å². The molecule has 0 aliphatic heterocycles. The summed E-state index contributed by atoms with van der Waals surface area (Å²) in [6.07, 6.45) is -4.09. The standard InChI is InChI=1S/C18H18F3N3O2/c1-2-16(25)23-14-8-6-13(7-9-14)22-11-17(26)24-15-5-3-4-12(10-15)18(19,20)21/h3-10,22H,2,11H2,1H3,(H,23,25)(H,24,26). The van der Waals surface area contributed by atoms with E-state index in [1.165, 1.54) is 12.1 Å². The molecule has 0 aliphatic rings. The number of halogens is 3. The summed E-state index contributed by atoms with van der Waals surface area (Å²) in [6.45, 7) is 1.63. The average molecular weight is 365 g/mol. The van der Waals surface area contributed by atoms with Gasteiger partial charge in [-0.05, 0) is 42.5 Å². The second kappa shape index (κ2) is 8.37. The lowest BCUT2D eigenvalue weighted by Gasteiger charge is -2.11. The minimum Gasteiger partial charge on any atom is -0.376 e. The van der Waals surface area contributed by atoms with Crippen LogP contribution in [0.2, 0.25) is 0 Å². The number of amides is 2.